The number of aryl methyl sites for hydroxylation is 1. The number of carbonyl (C=O) groups is 3. The third-order valence-corrected chi connectivity index (χ3v) is 4.55. The molecule has 0 saturated heterocycles. The molecule has 3 N–H and O–H groups in total. The van der Waals surface area contributed by atoms with Crippen molar-refractivity contribution in [1.82, 2.24) is 15.6 Å². The van der Waals surface area contributed by atoms with Crippen LogP contribution in [-0.2, 0) is 27.4 Å². The number of rotatable bonds is 8. The van der Waals surface area contributed by atoms with E-state index in [4.69, 9.17) is 42.6 Å². The summed E-state index contributed by atoms with van der Waals surface area (Å²) in [5, 5.41) is 15.5. The van der Waals surface area contributed by atoms with E-state index >= 15 is 0 Å². The maximum absolute atomic E-state index is 11.7. The van der Waals surface area contributed by atoms with Crippen LogP contribution in [0.5, 0.6) is 5.75 Å². The number of carboxylic acid groups (broad SMARTS) is 1. The van der Waals surface area contributed by atoms with Crippen LogP contribution in [0.4, 0.5) is 18.0 Å². The number of carboxylic acids is 1. The average molecular weight is 604 g/mol. The summed E-state index contributed by atoms with van der Waals surface area (Å²) in [6, 6.07) is 7.32. The van der Waals surface area contributed by atoms with Gasteiger partial charge in [0, 0.05) is 11.9 Å². The van der Waals surface area contributed by atoms with Gasteiger partial charge in [0.25, 0.3) is 0 Å². The van der Waals surface area contributed by atoms with Crippen molar-refractivity contribution in [2.24, 2.45) is 0 Å². The molecule has 0 fully saturated rings. The number of hydrogen-bond acceptors (Lipinski definition) is 7. The lowest BCUT2D eigenvalue weighted by Crippen LogP contribution is -2.41. The van der Waals surface area contributed by atoms with Gasteiger partial charge >= 0.3 is 24.1 Å². The Bertz CT molecular complexity index is 1000. The second-order valence-electron chi connectivity index (χ2n) is 8.14. The number of urea groups is 1. The minimum absolute atomic E-state index is 0.159. The number of thiazole rings is 1. The fourth-order valence-electron chi connectivity index (χ4n) is 2.30. The number of esters is 1. The topological polar surface area (TPSA) is 127 Å². The zero-order valence-corrected chi connectivity index (χ0v) is 23.5. The van der Waals surface area contributed by atoms with Crippen molar-refractivity contribution >= 4 is 52.5 Å². The first-order valence-corrected chi connectivity index (χ1v) is 12.8. The Morgan fingerprint density at radius 1 is 1.08 bits per heavy atom. The molecule has 2 rings (SSSR count). The van der Waals surface area contributed by atoms with Crippen LogP contribution < -0.4 is 15.4 Å². The first kappa shape index (κ1) is 35.2. The highest BCUT2D eigenvalue weighted by molar-refractivity contribution is 7.09. The van der Waals surface area contributed by atoms with Crippen LogP contribution in [-0.4, -0.2) is 58.3 Å². The van der Waals surface area contributed by atoms with Crippen LogP contribution in [0.2, 0.25) is 0 Å². The minimum Gasteiger partial charge on any atom is -0.487 e. The quantitative estimate of drug-likeness (QED) is 0.277. The first-order valence-electron chi connectivity index (χ1n) is 10.9. The lowest BCUT2D eigenvalue weighted by atomic mass is 10.1. The molecule has 15 heteroatoms. The highest BCUT2D eigenvalue weighted by Crippen LogP contribution is 2.16. The molecule has 1 heterocycles. The lowest BCUT2D eigenvalue weighted by Gasteiger charge is -2.19. The molecule has 1 aromatic carbocycles. The van der Waals surface area contributed by atoms with E-state index in [1.165, 1.54) is 0 Å². The number of halogens is 5. The van der Waals surface area contributed by atoms with E-state index in [1.54, 1.807) is 32.1 Å². The van der Waals surface area contributed by atoms with Gasteiger partial charge in [0.1, 0.15) is 24.5 Å². The molecule has 2 amide bonds. The summed E-state index contributed by atoms with van der Waals surface area (Å²) in [6.45, 7) is 8.05. The Morgan fingerprint density at radius 3 is 2.08 bits per heavy atom. The summed E-state index contributed by atoms with van der Waals surface area (Å²) in [5.74, 6) is -2.45. The second-order valence-corrected chi connectivity index (χ2v) is 10.0. The van der Waals surface area contributed by atoms with Gasteiger partial charge in [-0.05, 0) is 51.8 Å². The predicted octanol–water partition coefficient (Wildman–Crippen LogP) is 5.27. The fraction of sp³-hybridized carbons (Fsp3) is 0.478. The number of amides is 2. The van der Waals surface area contributed by atoms with Crippen molar-refractivity contribution in [3.05, 3.63) is 45.9 Å². The molecule has 0 saturated carbocycles. The van der Waals surface area contributed by atoms with Gasteiger partial charge in [-0.1, -0.05) is 12.1 Å². The second kappa shape index (κ2) is 17.7. The van der Waals surface area contributed by atoms with Gasteiger partial charge in [0.15, 0.2) is 0 Å². The summed E-state index contributed by atoms with van der Waals surface area (Å²) in [5.41, 5.74) is 1.43. The predicted molar refractivity (Wildman–Crippen MR) is 139 cm³/mol. The number of carbonyl (C=O) groups excluding carboxylic acids is 2. The summed E-state index contributed by atoms with van der Waals surface area (Å²) < 4.78 is 42.6. The maximum atomic E-state index is 11.7. The molecule has 1 aromatic heterocycles. The molecule has 0 radical (unpaired) electrons. The van der Waals surface area contributed by atoms with Crippen LogP contribution in [0, 0.1) is 6.92 Å². The molecule has 0 aliphatic rings. The van der Waals surface area contributed by atoms with E-state index in [-0.39, 0.29) is 11.9 Å². The van der Waals surface area contributed by atoms with E-state index in [9.17, 15) is 22.8 Å². The number of nitrogens with zero attached hydrogens (tertiary/aromatic N) is 1. The summed E-state index contributed by atoms with van der Waals surface area (Å²) in [4.78, 5) is 36.5. The van der Waals surface area contributed by atoms with Crippen LogP contribution in [0.15, 0.2) is 29.6 Å². The first-order chi connectivity index (χ1) is 17.6. The summed E-state index contributed by atoms with van der Waals surface area (Å²) in [7, 11) is 0. The van der Waals surface area contributed by atoms with Crippen molar-refractivity contribution in [1.29, 1.82) is 0 Å². The van der Waals surface area contributed by atoms with Gasteiger partial charge in [-0.2, -0.15) is 13.2 Å². The Hall–Kier alpha value is -2.77. The van der Waals surface area contributed by atoms with Crippen molar-refractivity contribution < 1.29 is 42.1 Å². The highest BCUT2D eigenvalue weighted by Gasteiger charge is 2.38. The Kier molecular flexibility index (Phi) is 16.4. The van der Waals surface area contributed by atoms with E-state index in [1.807, 2.05) is 36.6 Å². The molecule has 0 spiro atoms. The molecule has 0 atom stereocenters. The molecule has 214 valence electrons. The highest BCUT2D eigenvalue weighted by atomic mass is 35.5. The van der Waals surface area contributed by atoms with Gasteiger partial charge in [0.05, 0.1) is 16.0 Å². The van der Waals surface area contributed by atoms with E-state index < -0.39 is 29.7 Å². The molecule has 38 heavy (non-hydrogen) atoms. The van der Waals surface area contributed by atoms with Crippen LogP contribution in [0.1, 0.15) is 37.0 Å². The monoisotopic (exact) mass is 603 g/mol. The van der Waals surface area contributed by atoms with Crippen molar-refractivity contribution in [2.45, 2.75) is 52.5 Å². The molecule has 9 nitrogen and oxygen atoms in total. The number of aliphatic carboxylic acids is 1. The zero-order chi connectivity index (χ0) is 29.4. The van der Waals surface area contributed by atoms with Gasteiger partial charge < -0.3 is 25.2 Å². The summed E-state index contributed by atoms with van der Waals surface area (Å²) in [6.07, 6.45) is -4.41. The van der Waals surface area contributed by atoms with E-state index in [0.29, 0.717) is 19.6 Å². The molecule has 0 unspecified atom stereocenters. The third kappa shape index (κ3) is 18.5. The van der Waals surface area contributed by atoms with Crippen LogP contribution in [0.25, 0.3) is 0 Å². The van der Waals surface area contributed by atoms with E-state index in [2.05, 4.69) is 15.6 Å². The number of ether oxygens (including phenoxy) is 2. The molecule has 0 aliphatic heterocycles. The molecular weight excluding hydrogens is 574 g/mol. The minimum atomic E-state index is -5.08. The van der Waals surface area contributed by atoms with Crippen molar-refractivity contribution in [3.63, 3.8) is 0 Å². The molecule has 0 aliphatic carbocycles. The van der Waals surface area contributed by atoms with Crippen molar-refractivity contribution in [2.75, 3.05) is 18.4 Å². The van der Waals surface area contributed by atoms with Crippen molar-refractivity contribution in [3.8, 4) is 5.75 Å². The Morgan fingerprint density at radius 2 is 1.63 bits per heavy atom. The normalized spacial score (nSPS) is 10.7. The SMILES string of the molecule is Cc1nc(COc2ccc(CCNC(=O)NCC(=O)OC(C)(C)C)cc2)cs1.ClCCl.O=C(O)C(F)(F)F. The number of benzene rings is 1. The number of hydrogen-bond donors (Lipinski definition) is 3. The van der Waals surface area contributed by atoms with Gasteiger partial charge in [0.2, 0.25) is 0 Å². The third-order valence-electron chi connectivity index (χ3n) is 3.73. The van der Waals surface area contributed by atoms with Gasteiger partial charge in [-0.25, -0.2) is 14.6 Å². The standard InChI is InChI=1S/C20H27N3O4S.C2HF3O2.CH2Cl2/c1-14-23-16(13-28-14)12-26-17-7-5-15(6-8-17)9-10-21-19(25)22-11-18(24)27-20(2,3)4;3-2(4,5)1(6)7;2-1-3/h5-8,13H,9-12H2,1-4H3,(H2,21,22,25);(H,6,7);1H2. The maximum Gasteiger partial charge on any atom is 0.490 e. The molecule has 2 aromatic rings. The molecular formula is C23H30Cl2F3N3O6S. The Labute approximate surface area is 232 Å². The van der Waals surface area contributed by atoms with Gasteiger partial charge in [-0.15, -0.1) is 34.5 Å². The Balaban J connectivity index is 0.00000117. The van der Waals surface area contributed by atoms with E-state index in [0.717, 1.165) is 22.0 Å². The average Bonchev–Trinajstić information content (AvgIpc) is 3.21. The zero-order valence-electron chi connectivity index (χ0n) is 21.2. The van der Waals surface area contributed by atoms with Gasteiger partial charge in [-0.3, -0.25) is 4.79 Å². The summed E-state index contributed by atoms with van der Waals surface area (Å²) >= 11 is 11.1. The largest absolute Gasteiger partial charge is 0.490 e. The van der Waals surface area contributed by atoms with Crippen LogP contribution >= 0.6 is 34.5 Å². The molecule has 0 bridgehead atoms. The smallest absolute Gasteiger partial charge is 0.487 e. The number of alkyl halides is 5. The number of aromatic nitrogens is 1. The number of nitrogens with one attached hydrogen (secondary N) is 2. The lowest BCUT2D eigenvalue weighted by molar-refractivity contribution is -0.192. The fourth-order valence-corrected chi connectivity index (χ4v) is 2.89. The van der Waals surface area contributed by atoms with Crippen LogP contribution in [0.3, 0.4) is 0 Å².